The third-order valence-corrected chi connectivity index (χ3v) is 0.470. The number of aliphatic hydroxyl groups excluding tert-OH is 2. The van der Waals surface area contributed by atoms with Crippen LogP contribution in [0.4, 0.5) is 0 Å². The molecule has 1 atom stereocenters. The molecule has 0 rings (SSSR count). The number of rotatable bonds is 2. The third kappa shape index (κ3) is 22.7. The van der Waals surface area contributed by atoms with Gasteiger partial charge in [0.2, 0.25) is 0 Å². The van der Waals surface area contributed by atoms with Crippen LogP contribution < -0.4 is 10.2 Å². The van der Waals surface area contributed by atoms with Gasteiger partial charge in [0.1, 0.15) is 0 Å². The largest absolute Gasteiger partial charge is 2.00 e. The Balaban J connectivity index is -0.000000126. The number of carboxylic acid groups (broad SMARTS) is 2. The van der Waals surface area contributed by atoms with E-state index in [1.807, 2.05) is 0 Å². The average molecular weight is 212 g/mol. The number of carboxylic acids is 2. The number of hydrogen-bond acceptors (Lipinski definition) is 6. The number of carbonyl (C=O) groups is 2. The molecule has 0 amide bonds. The minimum atomic E-state index is -1.44. The van der Waals surface area contributed by atoms with Gasteiger partial charge in [-0.1, -0.05) is 0 Å². The van der Waals surface area contributed by atoms with Crippen molar-refractivity contribution >= 4 is 11.9 Å². The third-order valence-electron chi connectivity index (χ3n) is 0.470. The fraction of sp³-hybridized carbons (Fsp3) is 0.600. The van der Waals surface area contributed by atoms with Gasteiger partial charge >= 0.3 is 21.7 Å². The van der Waals surface area contributed by atoms with Crippen LogP contribution in [-0.4, -0.2) is 34.9 Å². The number of carbonyl (C=O) groups excluding carboxylic acids is 2. The average Bonchev–Trinajstić information content (AvgIpc) is 1.89. The van der Waals surface area contributed by atoms with Crippen molar-refractivity contribution in [2.45, 2.75) is 13.0 Å². The zero-order valence-corrected chi connectivity index (χ0v) is 7.87. The predicted octanol–water partition coefficient (Wildman–Crippen LogP) is -4.16. The Morgan fingerprint density at radius 2 is 1.58 bits per heavy atom. The van der Waals surface area contributed by atoms with Gasteiger partial charge in [-0.05, 0) is 6.92 Å². The van der Waals surface area contributed by atoms with Crippen LogP contribution in [0.25, 0.3) is 0 Å². The van der Waals surface area contributed by atoms with E-state index in [0.29, 0.717) is 0 Å². The predicted molar refractivity (Wildman–Crippen MR) is 28.8 cm³/mol. The first-order valence-corrected chi connectivity index (χ1v) is 2.61. The van der Waals surface area contributed by atoms with Gasteiger partial charge in [-0.3, -0.25) is 0 Å². The summed E-state index contributed by atoms with van der Waals surface area (Å²) in [7, 11) is 0. The van der Waals surface area contributed by atoms with Gasteiger partial charge < -0.3 is 30.0 Å². The minimum absolute atomic E-state index is 0. The van der Waals surface area contributed by atoms with E-state index in [4.69, 9.17) is 20.1 Å². The normalized spacial score (nSPS) is 9.92. The van der Waals surface area contributed by atoms with Crippen LogP contribution in [0.15, 0.2) is 0 Å². The van der Waals surface area contributed by atoms with E-state index >= 15 is 0 Å². The summed E-state index contributed by atoms with van der Waals surface area (Å²) >= 11 is 0. The van der Waals surface area contributed by atoms with E-state index < -0.39 is 24.6 Å². The second-order valence-electron chi connectivity index (χ2n) is 1.53. The Morgan fingerprint density at radius 1 is 1.42 bits per heavy atom. The van der Waals surface area contributed by atoms with Crippen LogP contribution in [0.3, 0.4) is 0 Å². The van der Waals surface area contributed by atoms with E-state index in [9.17, 15) is 9.90 Å². The Bertz CT molecular complexity index is 134. The van der Waals surface area contributed by atoms with Crippen molar-refractivity contribution in [2.75, 3.05) is 6.61 Å². The molecule has 0 aromatic rings. The van der Waals surface area contributed by atoms with E-state index in [0.717, 1.165) is 6.92 Å². The van der Waals surface area contributed by atoms with E-state index in [2.05, 4.69) is 0 Å². The van der Waals surface area contributed by atoms with Gasteiger partial charge in [-0.25, -0.2) is 0 Å². The molecule has 0 aliphatic carbocycles. The molecule has 12 heavy (non-hydrogen) atoms. The van der Waals surface area contributed by atoms with E-state index in [1.165, 1.54) is 0 Å². The van der Waals surface area contributed by atoms with Crippen molar-refractivity contribution in [1.29, 1.82) is 0 Å². The van der Waals surface area contributed by atoms with Crippen molar-refractivity contribution in [3.8, 4) is 0 Å². The van der Waals surface area contributed by atoms with Crippen LogP contribution in [0.1, 0.15) is 6.92 Å². The van der Waals surface area contributed by atoms with Crippen molar-refractivity contribution in [1.82, 2.24) is 0 Å². The van der Waals surface area contributed by atoms with Crippen molar-refractivity contribution in [3.05, 3.63) is 0 Å². The molecule has 0 saturated carbocycles. The van der Waals surface area contributed by atoms with Gasteiger partial charge in [-0.15, -0.1) is 0 Å². The van der Waals surface area contributed by atoms with Crippen LogP contribution in [-0.2, 0) is 31.3 Å². The Kier molecular flexibility index (Phi) is 15.5. The van der Waals surface area contributed by atoms with Gasteiger partial charge in [0.05, 0.1) is 24.6 Å². The summed E-state index contributed by atoms with van der Waals surface area (Å²) in [5.41, 5.74) is 0. The maximum atomic E-state index is 9.34. The smallest absolute Gasteiger partial charge is 0.548 e. The van der Waals surface area contributed by atoms with Gasteiger partial charge in [0.25, 0.3) is 0 Å². The van der Waals surface area contributed by atoms with E-state index in [-0.39, 0.29) is 21.7 Å². The second-order valence-corrected chi connectivity index (χ2v) is 1.53. The molecule has 0 saturated heterocycles. The topological polar surface area (TPSA) is 121 Å². The molecule has 68 valence electrons. The molecule has 6 nitrogen and oxygen atoms in total. The van der Waals surface area contributed by atoms with Crippen molar-refractivity contribution in [2.24, 2.45) is 0 Å². The molecular formula is C5H8O6Ti. The first-order valence-electron chi connectivity index (χ1n) is 2.61. The first kappa shape index (κ1) is 17.6. The second kappa shape index (κ2) is 10.6. The molecule has 1 unspecified atom stereocenters. The maximum Gasteiger partial charge on any atom is 2.00 e. The summed E-state index contributed by atoms with van der Waals surface area (Å²) in [5.74, 6) is -2.87. The summed E-state index contributed by atoms with van der Waals surface area (Å²) in [6.07, 6.45) is -1.34. The molecule has 0 bridgehead atoms. The molecule has 0 radical (unpaired) electrons. The van der Waals surface area contributed by atoms with Crippen molar-refractivity contribution in [3.63, 3.8) is 0 Å². The number of aliphatic hydroxyl groups is 2. The summed E-state index contributed by atoms with van der Waals surface area (Å²) < 4.78 is 0. The zero-order chi connectivity index (χ0) is 9.44. The van der Waals surface area contributed by atoms with Gasteiger partial charge in [-0.2, -0.15) is 0 Å². The summed E-state index contributed by atoms with van der Waals surface area (Å²) in [5, 5.41) is 33.8. The Hall–Kier alpha value is -0.426. The fourth-order valence-corrected chi connectivity index (χ4v) is 0. The van der Waals surface area contributed by atoms with Gasteiger partial charge in [0, 0.05) is 0 Å². The molecular weight excluding hydrogens is 204 g/mol. The van der Waals surface area contributed by atoms with E-state index in [1.54, 1.807) is 0 Å². The molecule has 0 aromatic carbocycles. The van der Waals surface area contributed by atoms with Crippen molar-refractivity contribution < 1.29 is 51.7 Å². The fourth-order valence-electron chi connectivity index (χ4n) is 0. The molecule has 0 heterocycles. The quantitative estimate of drug-likeness (QED) is 0.448. The first-order chi connectivity index (χ1) is 4.91. The molecule has 0 aliphatic heterocycles. The maximum absolute atomic E-state index is 9.34. The molecule has 0 fully saturated rings. The SMILES string of the molecule is CC(O)C(=O)[O-].O=C([O-])CO.[Ti+2]. The zero-order valence-electron chi connectivity index (χ0n) is 6.31. The van der Waals surface area contributed by atoms with Crippen LogP contribution in [0.2, 0.25) is 0 Å². The number of aliphatic carboxylic acids is 2. The molecule has 0 aliphatic rings. The Labute approximate surface area is 83.7 Å². The van der Waals surface area contributed by atoms with Crippen LogP contribution in [0.5, 0.6) is 0 Å². The van der Waals surface area contributed by atoms with Crippen LogP contribution >= 0.6 is 0 Å². The standard InChI is InChI=1S/C3H6O3.C2H4O3.Ti/c1-2(4)3(5)6;3-1-2(4)5;/h2,4H,1H3,(H,5,6);3H,1H2,(H,4,5);/q;;+2/p-2. The monoisotopic (exact) mass is 212 g/mol. The van der Waals surface area contributed by atoms with Crippen LogP contribution in [0, 0.1) is 0 Å². The summed E-state index contributed by atoms with van der Waals surface area (Å²) in [4.78, 5) is 18.3. The summed E-state index contributed by atoms with van der Waals surface area (Å²) in [6, 6.07) is 0. The molecule has 2 N–H and O–H groups in total. The molecule has 7 heteroatoms. The number of hydrogen-bond donors (Lipinski definition) is 2. The Morgan fingerprint density at radius 3 is 1.58 bits per heavy atom. The van der Waals surface area contributed by atoms with Gasteiger partial charge in [0.15, 0.2) is 0 Å². The minimum Gasteiger partial charge on any atom is -0.548 e. The molecule has 0 spiro atoms. The molecule has 0 aromatic heterocycles. The summed E-state index contributed by atoms with van der Waals surface area (Å²) in [6.45, 7) is 0.245.